The van der Waals surface area contributed by atoms with Crippen molar-refractivity contribution in [2.75, 3.05) is 13.8 Å². The number of fused-ring (bicyclic) bond motifs is 2. The van der Waals surface area contributed by atoms with E-state index in [1.807, 2.05) is 51.1 Å². The van der Waals surface area contributed by atoms with Gasteiger partial charge in [0.1, 0.15) is 11.8 Å². The van der Waals surface area contributed by atoms with Gasteiger partial charge < -0.3 is 24.4 Å². The summed E-state index contributed by atoms with van der Waals surface area (Å²) in [5.74, 6) is 1.35. The molecule has 0 fully saturated rings. The molecule has 0 saturated carbocycles. The van der Waals surface area contributed by atoms with Crippen LogP contribution in [-0.2, 0) is 4.79 Å². The van der Waals surface area contributed by atoms with Gasteiger partial charge in [0.15, 0.2) is 11.5 Å². The molecule has 7 heteroatoms. The average Bonchev–Trinajstić information content (AvgIpc) is 3.28. The van der Waals surface area contributed by atoms with Crippen molar-refractivity contribution < 1.29 is 23.8 Å². The van der Waals surface area contributed by atoms with Crippen molar-refractivity contribution in [2.24, 2.45) is 5.92 Å². The Hall–Kier alpha value is -3.48. The quantitative estimate of drug-likeness (QED) is 0.663. The molecule has 2 heterocycles. The van der Waals surface area contributed by atoms with Crippen LogP contribution in [-0.4, -0.2) is 42.7 Å². The minimum Gasteiger partial charge on any atom is -0.490 e. The summed E-state index contributed by atoms with van der Waals surface area (Å²) in [6.45, 7) is 6.06. The van der Waals surface area contributed by atoms with Crippen LogP contribution >= 0.6 is 0 Å². The summed E-state index contributed by atoms with van der Waals surface area (Å²) < 4.78 is 17.1. The van der Waals surface area contributed by atoms with E-state index in [-0.39, 0.29) is 36.7 Å². The van der Waals surface area contributed by atoms with Crippen molar-refractivity contribution >= 4 is 11.8 Å². The van der Waals surface area contributed by atoms with Gasteiger partial charge >= 0.3 is 0 Å². The molecule has 0 radical (unpaired) electrons. The summed E-state index contributed by atoms with van der Waals surface area (Å²) in [5.41, 5.74) is 1.36. The highest BCUT2D eigenvalue weighted by Gasteiger charge is 2.33. The molecule has 2 aliphatic heterocycles. The number of hydrogen-bond donors (Lipinski definition) is 1. The molecule has 2 amide bonds. The lowest BCUT2D eigenvalue weighted by Gasteiger charge is -2.32. The predicted octanol–water partition coefficient (Wildman–Crippen LogP) is 4.49. The number of rotatable bonds is 2. The van der Waals surface area contributed by atoms with Gasteiger partial charge in [0.05, 0.1) is 17.7 Å². The Labute approximate surface area is 200 Å². The van der Waals surface area contributed by atoms with E-state index in [1.54, 1.807) is 19.2 Å². The lowest BCUT2D eigenvalue weighted by atomic mass is 9.97. The molecule has 0 bridgehead atoms. The first-order valence-electron chi connectivity index (χ1n) is 11.7. The maximum atomic E-state index is 13.5. The first-order valence-corrected chi connectivity index (χ1v) is 11.7. The maximum absolute atomic E-state index is 13.5. The molecule has 0 unspecified atom stereocenters. The smallest absolute Gasteiger partial charge is 0.258 e. The molecule has 7 nitrogen and oxygen atoms in total. The van der Waals surface area contributed by atoms with Gasteiger partial charge in [-0.3, -0.25) is 9.59 Å². The molecule has 1 N–H and O–H groups in total. The van der Waals surface area contributed by atoms with Crippen LogP contribution in [0.15, 0.2) is 54.6 Å². The van der Waals surface area contributed by atoms with Crippen LogP contribution in [0.5, 0.6) is 17.2 Å². The molecule has 34 heavy (non-hydrogen) atoms. The molecule has 0 aliphatic carbocycles. The molecule has 0 aromatic heterocycles. The van der Waals surface area contributed by atoms with Crippen LogP contribution in [0.4, 0.5) is 0 Å². The zero-order chi connectivity index (χ0) is 24.2. The number of nitrogens with one attached hydrogen (secondary N) is 1. The fourth-order valence-electron chi connectivity index (χ4n) is 4.44. The van der Waals surface area contributed by atoms with E-state index in [1.165, 1.54) is 4.90 Å². The van der Waals surface area contributed by atoms with E-state index in [9.17, 15) is 9.59 Å². The van der Waals surface area contributed by atoms with Crippen LogP contribution in [0, 0.1) is 5.92 Å². The summed E-state index contributed by atoms with van der Waals surface area (Å²) in [6, 6.07) is 12.0. The highest BCUT2D eigenvalue weighted by Crippen LogP contribution is 2.35. The second-order valence-corrected chi connectivity index (χ2v) is 9.15. The number of hydrogen-bond acceptors (Lipinski definition) is 5. The summed E-state index contributed by atoms with van der Waals surface area (Å²) in [6.07, 6.45) is 5.27. The van der Waals surface area contributed by atoms with Crippen molar-refractivity contribution in [3.63, 3.8) is 0 Å². The van der Waals surface area contributed by atoms with Gasteiger partial charge in [0.25, 0.3) is 5.91 Å². The third-order valence-electron chi connectivity index (χ3n) is 6.21. The fraction of sp³-hybridized carbons (Fsp3) is 0.407. The summed E-state index contributed by atoms with van der Waals surface area (Å²) >= 11 is 0. The van der Waals surface area contributed by atoms with Crippen molar-refractivity contribution in [2.45, 2.75) is 51.8 Å². The van der Waals surface area contributed by atoms with E-state index in [0.29, 0.717) is 35.7 Å². The zero-order valence-electron chi connectivity index (χ0n) is 20.1. The second kappa shape index (κ2) is 10.2. The summed E-state index contributed by atoms with van der Waals surface area (Å²) in [5, 5.41) is 3.18. The number of nitrogens with zero attached hydrogens (tertiary/aromatic N) is 1. The Morgan fingerprint density at radius 2 is 1.71 bits per heavy atom. The van der Waals surface area contributed by atoms with Gasteiger partial charge in [-0.15, -0.1) is 0 Å². The Bertz CT molecular complexity index is 1080. The van der Waals surface area contributed by atoms with E-state index < -0.39 is 6.04 Å². The number of ether oxygens (including phenoxy) is 3. The Morgan fingerprint density at radius 3 is 2.50 bits per heavy atom. The Morgan fingerprint density at radius 1 is 0.971 bits per heavy atom. The summed E-state index contributed by atoms with van der Waals surface area (Å²) in [7, 11) is 1.67. The van der Waals surface area contributed by atoms with Gasteiger partial charge in [0, 0.05) is 13.5 Å². The Balaban J connectivity index is 1.69. The lowest BCUT2D eigenvalue weighted by Crippen LogP contribution is -2.51. The molecule has 0 spiro atoms. The predicted molar refractivity (Wildman–Crippen MR) is 129 cm³/mol. The molecule has 2 aliphatic rings. The first-order chi connectivity index (χ1) is 16.3. The molecule has 2 aromatic carbocycles. The molecule has 4 rings (SSSR count). The van der Waals surface area contributed by atoms with E-state index in [2.05, 4.69) is 17.5 Å². The number of benzene rings is 2. The normalized spacial score (nSPS) is 24.1. The molecule has 3 atom stereocenters. The molecule has 0 saturated heterocycles. The van der Waals surface area contributed by atoms with Crippen LogP contribution < -0.4 is 19.5 Å². The molecular weight excluding hydrogens is 432 g/mol. The minimum absolute atomic E-state index is 0.0955. The van der Waals surface area contributed by atoms with Crippen molar-refractivity contribution in [3.8, 4) is 17.2 Å². The summed E-state index contributed by atoms with van der Waals surface area (Å²) in [4.78, 5) is 28.5. The second-order valence-electron chi connectivity index (χ2n) is 9.15. The maximum Gasteiger partial charge on any atom is 0.258 e. The van der Waals surface area contributed by atoms with Crippen LogP contribution in [0.1, 0.15) is 55.6 Å². The molecular formula is C27H32N2O5. The number of carbonyl (C=O) groups excluding carboxylic acids is 2. The van der Waals surface area contributed by atoms with E-state index in [0.717, 1.165) is 5.56 Å². The largest absolute Gasteiger partial charge is 0.490 e. The van der Waals surface area contributed by atoms with Gasteiger partial charge in [-0.1, -0.05) is 44.2 Å². The fourth-order valence-corrected chi connectivity index (χ4v) is 4.44. The van der Waals surface area contributed by atoms with Gasteiger partial charge in [-0.25, -0.2) is 0 Å². The third-order valence-corrected chi connectivity index (χ3v) is 6.21. The topological polar surface area (TPSA) is 77.1 Å². The number of likely N-dealkylation sites (N-methyl/N-ethyl adjacent to an activating group) is 1. The van der Waals surface area contributed by atoms with Gasteiger partial charge in [-0.2, -0.15) is 0 Å². The zero-order valence-corrected chi connectivity index (χ0v) is 20.1. The average molecular weight is 465 g/mol. The lowest BCUT2D eigenvalue weighted by molar-refractivity contribution is -0.127. The SMILES string of the molecule is CC(C)[C@H]1C(=O)N[C@@H](c2ccc3c(c2)OCO3)C/C=C\C[C@H](C)Oc2ccccc2C(=O)N1C. The van der Waals surface area contributed by atoms with Crippen molar-refractivity contribution in [1.82, 2.24) is 10.2 Å². The van der Waals surface area contributed by atoms with Crippen LogP contribution in [0.3, 0.4) is 0 Å². The van der Waals surface area contributed by atoms with Gasteiger partial charge in [-0.05, 0) is 49.1 Å². The standard InChI is InChI=1S/C27H32N2O5/c1-17(2)25-26(30)28-21(19-13-14-23-24(15-19)33-16-32-23)11-7-5-9-18(3)34-22-12-8-6-10-20(22)27(31)29(25)4/h5-8,10,12-15,17-18,21,25H,9,11,16H2,1-4H3,(H,28,30)/b7-5-/t18-,21+,25-/m0/s1. The first kappa shape index (κ1) is 23.7. The number of para-hydroxylation sites is 1. The number of carbonyl (C=O) groups is 2. The van der Waals surface area contributed by atoms with Crippen molar-refractivity contribution in [3.05, 3.63) is 65.7 Å². The highest BCUT2D eigenvalue weighted by atomic mass is 16.7. The van der Waals surface area contributed by atoms with Crippen LogP contribution in [0.2, 0.25) is 0 Å². The van der Waals surface area contributed by atoms with Crippen LogP contribution in [0.25, 0.3) is 0 Å². The molecule has 180 valence electrons. The highest BCUT2D eigenvalue weighted by molar-refractivity contribution is 5.99. The van der Waals surface area contributed by atoms with Crippen molar-refractivity contribution in [1.29, 1.82) is 0 Å². The number of amides is 2. The third kappa shape index (κ3) is 5.03. The minimum atomic E-state index is -0.651. The molecule has 2 aromatic rings. The van der Waals surface area contributed by atoms with E-state index >= 15 is 0 Å². The van der Waals surface area contributed by atoms with Gasteiger partial charge in [0.2, 0.25) is 12.7 Å². The Kier molecular flexibility index (Phi) is 7.10. The van der Waals surface area contributed by atoms with E-state index in [4.69, 9.17) is 14.2 Å². The monoisotopic (exact) mass is 464 g/mol.